The largest absolute Gasteiger partial charge is 0.497 e. The van der Waals surface area contributed by atoms with E-state index in [0.29, 0.717) is 17.5 Å². The summed E-state index contributed by atoms with van der Waals surface area (Å²) in [5.41, 5.74) is 2.51. The first-order chi connectivity index (χ1) is 16.2. The van der Waals surface area contributed by atoms with Crippen LogP contribution in [0, 0.1) is 11.8 Å². The van der Waals surface area contributed by atoms with Gasteiger partial charge >= 0.3 is 6.09 Å². The zero-order valence-electron chi connectivity index (χ0n) is 18.8. The number of hydrogen-bond acceptors (Lipinski definition) is 5. The molecule has 3 aliphatic heterocycles. The molecule has 0 aliphatic carbocycles. The third-order valence-corrected chi connectivity index (χ3v) is 7.05. The van der Waals surface area contributed by atoms with Crippen LogP contribution in [0.25, 0.3) is 10.9 Å². The van der Waals surface area contributed by atoms with E-state index in [2.05, 4.69) is 27.9 Å². The number of piperidine rings is 3. The maximum Gasteiger partial charge on any atom is 0.412 e. The number of carbonyl (C=O) groups is 1. The fourth-order valence-corrected chi connectivity index (χ4v) is 5.35. The van der Waals surface area contributed by atoms with Crippen LogP contribution in [0.3, 0.4) is 0 Å². The summed E-state index contributed by atoms with van der Waals surface area (Å²) in [6.07, 6.45) is 5.10. The maximum absolute atomic E-state index is 13.0. The predicted molar refractivity (Wildman–Crippen MR) is 129 cm³/mol. The molecule has 6 heteroatoms. The van der Waals surface area contributed by atoms with Crippen molar-refractivity contribution in [3.8, 4) is 5.75 Å². The Hall–Kier alpha value is -3.38. The summed E-state index contributed by atoms with van der Waals surface area (Å²) in [5.74, 6) is 1.80. The van der Waals surface area contributed by atoms with Crippen LogP contribution in [-0.2, 0) is 4.74 Å². The number of para-hydroxylation sites is 1. The van der Waals surface area contributed by atoms with E-state index in [-0.39, 0.29) is 6.04 Å². The lowest BCUT2D eigenvalue weighted by Crippen LogP contribution is -2.55. The Kier molecular flexibility index (Phi) is 6.01. The van der Waals surface area contributed by atoms with E-state index in [4.69, 9.17) is 9.47 Å². The van der Waals surface area contributed by atoms with Crippen molar-refractivity contribution in [2.24, 2.45) is 11.8 Å². The third kappa shape index (κ3) is 4.31. The van der Waals surface area contributed by atoms with E-state index in [1.54, 1.807) is 13.3 Å². The van der Waals surface area contributed by atoms with Gasteiger partial charge in [-0.1, -0.05) is 24.3 Å². The number of ether oxygens (including phenoxy) is 2. The highest BCUT2D eigenvalue weighted by atomic mass is 16.6. The molecule has 4 heterocycles. The molecule has 1 unspecified atom stereocenters. The number of carbonyl (C=O) groups excluding carboxylic acids is 1. The van der Waals surface area contributed by atoms with Crippen molar-refractivity contribution in [2.45, 2.75) is 25.0 Å². The summed E-state index contributed by atoms with van der Waals surface area (Å²) in [6, 6.07) is 17.3. The first-order valence-corrected chi connectivity index (χ1v) is 11.5. The number of anilines is 1. The highest BCUT2D eigenvalue weighted by Crippen LogP contribution is 2.43. The van der Waals surface area contributed by atoms with Gasteiger partial charge in [-0.3, -0.25) is 15.2 Å². The number of fused-ring (bicyclic) bond motifs is 4. The number of rotatable bonds is 6. The van der Waals surface area contributed by atoms with Crippen LogP contribution < -0.4 is 10.1 Å². The van der Waals surface area contributed by atoms with Crippen LogP contribution in [0.4, 0.5) is 10.5 Å². The first-order valence-electron chi connectivity index (χ1n) is 11.5. The Morgan fingerprint density at radius 2 is 2.09 bits per heavy atom. The van der Waals surface area contributed by atoms with E-state index >= 15 is 0 Å². The Balaban J connectivity index is 1.51. The van der Waals surface area contributed by atoms with E-state index < -0.39 is 12.2 Å². The molecule has 3 fully saturated rings. The van der Waals surface area contributed by atoms with Crippen LogP contribution in [-0.4, -0.2) is 42.2 Å². The van der Waals surface area contributed by atoms with Crippen molar-refractivity contribution < 1.29 is 14.3 Å². The van der Waals surface area contributed by atoms with Gasteiger partial charge in [0.05, 0.1) is 18.7 Å². The molecule has 0 saturated carbocycles. The summed E-state index contributed by atoms with van der Waals surface area (Å²) < 4.78 is 11.7. The van der Waals surface area contributed by atoms with E-state index in [9.17, 15) is 4.79 Å². The lowest BCUT2D eigenvalue weighted by Gasteiger charge is -2.51. The molecule has 3 saturated heterocycles. The Labute approximate surface area is 194 Å². The highest BCUT2D eigenvalue weighted by Gasteiger charge is 2.44. The quantitative estimate of drug-likeness (QED) is 0.515. The molecule has 1 N–H and O–H groups in total. The van der Waals surface area contributed by atoms with Crippen molar-refractivity contribution in [2.75, 3.05) is 25.5 Å². The van der Waals surface area contributed by atoms with Crippen LogP contribution in [0.15, 0.2) is 73.4 Å². The number of amides is 1. The minimum absolute atomic E-state index is 0.0956. The maximum atomic E-state index is 13.0. The smallest absolute Gasteiger partial charge is 0.412 e. The molecule has 6 rings (SSSR count). The SMILES string of the molecule is C=C[C@H]1CN2CC[C@H]1C[C@@H]2[C@@H](OC(=O)Nc1ccccc1)c1ccnc2ccc(OC)cc12. The molecule has 1 aromatic heterocycles. The van der Waals surface area contributed by atoms with E-state index in [0.717, 1.165) is 48.1 Å². The van der Waals surface area contributed by atoms with Crippen molar-refractivity contribution >= 4 is 22.7 Å². The van der Waals surface area contributed by atoms with Gasteiger partial charge in [0.25, 0.3) is 0 Å². The van der Waals surface area contributed by atoms with Crippen molar-refractivity contribution in [3.05, 3.63) is 79.0 Å². The molecule has 3 aromatic rings. The highest BCUT2D eigenvalue weighted by molar-refractivity contribution is 5.86. The van der Waals surface area contributed by atoms with E-state index in [1.165, 1.54) is 0 Å². The molecule has 0 spiro atoms. The molecule has 33 heavy (non-hydrogen) atoms. The zero-order chi connectivity index (χ0) is 22.8. The molecule has 0 radical (unpaired) electrons. The second-order valence-corrected chi connectivity index (χ2v) is 8.85. The minimum atomic E-state index is -0.457. The normalized spacial score (nSPS) is 24.8. The Morgan fingerprint density at radius 1 is 1.24 bits per heavy atom. The fourth-order valence-electron chi connectivity index (χ4n) is 5.35. The number of benzene rings is 2. The topological polar surface area (TPSA) is 63.7 Å². The summed E-state index contributed by atoms with van der Waals surface area (Å²) in [5, 5.41) is 3.82. The van der Waals surface area contributed by atoms with Gasteiger partial charge in [-0.15, -0.1) is 6.58 Å². The lowest BCUT2D eigenvalue weighted by molar-refractivity contribution is -0.0473. The van der Waals surface area contributed by atoms with Gasteiger partial charge in [-0.25, -0.2) is 4.79 Å². The van der Waals surface area contributed by atoms with Crippen LogP contribution >= 0.6 is 0 Å². The number of nitrogens with zero attached hydrogens (tertiary/aromatic N) is 2. The number of pyridine rings is 1. The van der Waals surface area contributed by atoms with E-state index in [1.807, 2.05) is 54.6 Å². The zero-order valence-corrected chi connectivity index (χ0v) is 18.8. The van der Waals surface area contributed by atoms with Crippen molar-refractivity contribution in [1.29, 1.82) is 0 Å². The average Bonchev–Trinajstić information content (AvgIpc) is 2.87. The van der Waals surface area contributed by atoms with Gasteiger partial charge in [-0.2, -0.15) is 0 Å². The lowest BCUT2D eigenvalue weighted by atomic mass is 9.73. The minimum Gasteiger partial charge on any atom is -0.497 e. The number of nitrogens with one attached hydrogen (secondary N) is 1. The molecule has 170 valence electrons. The molecule has 5 atom stereocenters. The Morgan fingerprint density at radius 3 is 2.82 bits per heavy atom. The second kappa shape index (κ2) is 9.24. The van der Waals surface area contributed by atoms with Gasteiger partial charge in [0, 0.05) is 29.4 Å². The molecule has 1 amide bonds. The van der Waals surface area contributed by atoms with Crippen molar-refractivity contribution in [3.63, 3.8) is 0 Å². The monoisotopic (exact) mass is 443 g/mol. The van der Waals surface area contributed by atoms with Gasteiger partial charge in [-0.05, 0) is 67.6 Å². The van der Waals surface area contributed by atoms with Gasteiger partial charge in [0.2, 0.25) is 0 Å². The summed E-state index contributed by atoms with van der Waals surface area (Å²) in [7, 11) is 1.65. The van der Waals surface area contributed by atoms with Crippen LogP contribution in [0.1, 0.15) is 24.5 Å². The number of methoxy groups -OCH3 is 1. The predicted octanol–water partition coefficient (Wildman–Crippen LogP) is 5.43. The van der Waals surface area contributed by atoms with Gasteiger partial charge < -0.3 is 9.47 Å². The summed E-state index contributed by atoms with van der Waals surface area (Å²) >= 11 is 0. The summed E-state index contributed by atoms with van der Waals surface area (Å²) in [4.78, 5) is 20.0. The molecule has 2 aromatic carbocycles. The Bertz CT molecular complexity index is 1150. The van der Waals surface area contributed by atoms with Crippen LogP contribution in [0.5, 0.6) is 5.75 Å². The molecule has 2 bridgehead atoms. The number of hydrogen-bond donors (Lipinski definition) is 1. The third-order valence-electron chi connectivity index (χ3n) is 7.05. The molecule has 6 nitrogen and oxygen atoms in total. The molecular formula is C27H29N3O3. The first kappa shape index (κ1) is 21.5. The summed E-state index contributed by atoms with van der Waals surface area (Å²) in [6.45, 7) is 6.00. The number of aromatic nitrogens is 1. The van der Waals surface area contributed by atoms with Crippen molar-refractivity contribution in [1.82, 2.24) is 9.88 Å². The second-order valence-electron chi connectivity index (χ2n) is 8.85. The van der Waals surface area contributed by atoms with Crippen LogP contribution in [0.2, 0.25) is 0 Å². The average molecular weight is 444 g/mol. The van der Waals surface area contributed by atoms with Gasteiger partial charge in [0.1, 0.15) is 11.9 Å². The van der Waals surface area contributed by atoms with Gasteiger partial charge in [0.15, 0.2) is 0 Å². The molecular weight excluding hydrogens is 414 g/mol. The molecule has 3 aliphatic rings. The fraction of sp³-hybridized carbons (Fsp3) is 0.333. The standard InChI is InChI=1S/C27H29N3O3/c1-3-18-17-30-14-12-19(18)15-25(30)26(33-27(31)29-20-7-5-4-6-8-20)22-11-13-28-24-10-9-21(32-2)16-23(22)24/h3-11,13,16,18-19,25-26H,1,12,14-15,17H2,2H3,(H,29,31)/t18-,19-,25+,26-/m0/s1.